The van der Waals surface area contributed by atoms with Gasteiger partial charge in [-0.3, -0.25) is 4.98 Å². The molecule has 0 fully saturated rings. The van der Waals surface area contributed by atoms with Crippen LogP contribution < -0.4 is 0 Å². The van der Waals surface area contributed by atoms with E-state index in [1.807, 2.05) is 60.7 Å². The zero-order valence-electron chi connectivity index (χ0n) is 14.1. The number of aromatic nitrogens is 1. The predicted molar refractivity (Wildman–Crippen MR) is 114 cm³/mol. The molecule has 0 aliphatic heterocycles. The van der Waals surface area contributed by atoms with Gasteiger partial charge < -0.3 is 5.11 Å². The van der Waals surface area contributed by atoms with E-state index in [1.165, 1.54) is 0 Å². The summed E-state index contributed by atoms with van der Waals surface area (Å²) in [6, 6.07) is 19.0. The summed E-state index contributed by atoms with van der Waals surface area (Å²) in [7, 11) is 0. The van der Waals surface area contributed by atoms with Gasteiger partial charge in [0.25, 0.3) is 0 Å². The highest BCUT2D eigenvalue weighted by atomic mass is 35.5. The zero-order valence-corrected chi connectivity index (χ0v) is 16.5. The second-order valence-electron chi connectivity index (χ2n) is 6.09. The minimum Gasteiger partial charge on any atom is -0.384 e. The summed E-state index contributed by atoms with van der Waals surface area (Å²) in [6.07, 6.45) is 2.60. The van der Waals surface area contributed by atoms with Crippen LogP contribution in [0.25, 0.3) is 21.6 Å². The highest BCUT2D eigenvalue weighted by Crippen LogP contribution is 2.43. The van der Waals surface area contributed by atoms with Gasteiger partial charge in [0.2, 0.25) is 0 Å². The van der Waals surface area contributed by atoms with Crippen LogP contribution in [0.15, 0.2) is 78.4 Å². The molecule has 4 aromatic rings. The third-order valence-electron chi connectivity index (χ3n) is 4.36. The van der Waals surface area contributed by atoms with E-state index in [4.69, 9.17) is 23.2 Å². The highest BCUT2D eigenvalue weighted by Gasteiger charge is 2.23. The van der Waals surface area contributed by atoms with E-state index < -0.39 is 6.10 Å². The fraction of sp³-hybridized carbons (Fsp3) is 0.0455. The Morgan fingerprint density at radius 1 is 0.852 bits per heavy atom. The molecular formula is C22H15Cl2NOS. The minimum absolute atomic E-state index is 0.682. The number of hydrogen-bond donors (Lipinski definition) is 1. The first-order valence-electron chi connectivity index (χ1n) is 8.35. The normalized spacial score (nSPS) is 12.1. The molecule has 0 spiro atoms. The van der Waals surface area contributed by atoms with E-state index in [2.05, 4.69) is 10.4 Å². The average molecular weight is 412 g/mol. The van der Waals surface area contributed by atoms with Crippen molar-refractivity contribution >= 4 is 34.5 Å². The Morgan fingerprint density at radius 2 is 1.48 bits per heavy atom. The standard InChI is InChI=1S/C22H15Cl2NOS/c23-17-7-3-14(4-8-17)19-13-27-22(15-5-9-18(24)10-6-15)20(19)21(26)16-2-1-11-25-12-16/h1-13,21,26H. The van der Waals surface area contributed by atoms with Crippen molar-refractivity contribution in [1.29, 1.82) is 0 Å². The van der Waals surface area contributed by atoms with E-state index in [0.717, 1.165) is 32.7 Å². The summed E-state index contributed by atoms with van der Waals surface area (Å²) in [5.41, 5.74) is 4.62. The smallest absolute Gasteiger partial charge is 0.108 e. The first-order valence-corrected chi connectivity index (χ1v) is 9.98. The van der Waals surface area contributed by atoms with Crippen LogP contribution in [0.5, 0.6) is 0 Å². The largest absolute Gasteiger partial charge is 0.384 e. The minimum atomic E-state index is -0.790. The molecule has 0 aliphatic rings. The number of halogens is 2. The maximum Gasteiger partial charge on any atom is 0.108 e. The van der Waals surface area contributed by atoms with Crippen LogP contribution in [0, 0.1) is 0 Å². The maximum absolute atomic E-state index is 11.2. The Bertz CT molecular complexity index is 981. The lowest BCUT2D eigenvalue weighted by Gasteiger charge is -2.15. The summed E-state index contributed by atoms with van der Waals surface area (Å²) in [6.45, 7) is 0. The van der Waals surface area contributed by atoms with Crippen LogP contribution in [0.3, 0.4) is 0 Å². The van der Waals surface area contributed by atoms with Gasteiger partial charge >= 0.3 is 0 Å². The number of aliphatic hydroxyl groups is 1. The van der Waals surface area contributed by atoms with E-state index >= 15 is 0 Å². The molecule has 0 bridgehead atoms. The van der Waals surface area contributed by atoms with Gasteiger partial charge in [0.1, 0.15) is 6.10 Å². The van der Waals surface area contributed by atoms with Crippen LogP contribution in [0.2, 0.25) is 10.0 Å². The first kappa shape index (κ1) is 18.2. The van der Waals surface area contributed by atoms with Crippen molar-refractivity contribution in [3.63, 3.8) is 0 Å². The fourth-order valence-corrected chi connectivity index (χ4v) is 4.39. The molecule has 5 heteroatoms. The number of aliphatic hydroxyl groups excluding tert-OH is 1. The van der Waals surface area contributed by atoms with Crippen molar-refractivity contribution in [3.8, 4) is 21.6 Å². The summed E-state index contributed by atoms with van der Waals surface area (Å²) in [5, 5.41) is 14.6. The molecule has 2 aromatic carbocycles. The second-order valence-corrected chi connectivity index (χ2v) is 7.85. The lowest BCUT2D eigenvalue weighted by molar-refractivity contribution is 0.221. The van der Waals surface area contributed by atoms with Crippen molar-refractivity contribution in [3.05, 3.63) is 99.6 Å². The topological polar surface area (TPSA) is 33.1 Å². The Balaban J connectivity index is 1.89. The van der Waals surface area contributed by atoms with Gasteiger partial charge in [-0.1, -0.05) is 53.5 Å². The van der Waals surface area contributed by atoms with Crippen molar-refractivity contribution in [2.45, 2.75) is 6.10 Å². The van der Waals surface area contributed by atoms with Crippen molar-refractivity contribution in [2.24, 2.45) is 0 Å². The number of benzene rings is 2. The number of pyridine rings is 1. The third kappa shape index (κ3) is 3.78. The molecule has 1 atom stereocenters. The molecule has 4 rings (SSSR count). The van der Waals surface area contributed by atoms with E-state index in [9.17, 15) is 5.11 Å². The van der Waals surface area contributed by atoms with Crippen LogP contribution in [0.1, 0.15) is 17.2 Å². The SMILES string of the molecule is OC(c1cccnc1)c1c(-c2ccc(Cl)cc2)csc1-c1ccc(Cl)cc1. The van der Waals surface area contributed by atoms with Gasteiger partial charge in [0.15, 0.2) is 0 Å². The quantitative estimate of drug-likeness (QED) is 0.397. The van der Waals surface area contributed by atoms with E-state index in [1.54, 1.807) is 23.7 Å². The molecule has 1 unspecified atom stereocenters. The third-order valence-corrected chi connectivity index (χ3v) is 5.91. The number of rotatable bonds is 4. The monoisotopic (exact) mass is 411 g/mol. The summed E-state index contributed by atoms with van der Waals surface area (Å²) in [4.78, 5) is 5.16. The van der Waals surface area contributed by atoms with Crippen LogP contribution in [0.4, 0.5) is 0 Å². The lowest BCUT2D eigenvalue weighted by atomic mass is 9.93. The number of thiophene rings is 1. The molecule has 2 aromatic heterocycles. The Labute approximate surface area is 171 Å². The molecule has 2 nitrogen and oxygen atoms in total. The molecule has 0 aliphatic carbocycles. The average Bonchev–Trinajstić information content (AvgIpc) is 3.14. The van der Waals surface area contributed by atoms with Crippen molar-refractivity contribution < 1.29 is 5.11 Å². The molecule has 0 radical (unpaired) electrons. The Hall–Kier alpha value is -2.17. The molecule has 0 amide bonds. The Kier molecular flexibility index (Phi) is 5.28. The Morgan fingerprint density at radius 3 is 2.07 bits per heavy atom. The zero-order chi connectivity index (χ0) is 18.8. The van der Waals surface area contributed by atoms with E-state index in [-0.39, 0.29) is 0 Å². The fourth-order valence-electron chi connectivity index (χ4n) is 3.02. The van der Waals surface area contributed by atoms with E-state index in [0.29, 0.717) is 10.0 Å². The maximum atomic E-state index is 11.2. The van der Waals surface area contributed by atoms with Crippen LogP contribution in [-0.4, -0.2) is 10.1 Å². The second kappa shape index (κ2) is 7.83. The predicted octanol–water partition coefficient (Wildman–Crippen LogP) is 6.87. The van der Waals surface area contributed by atoms with Gasteiger partial charge in [-0.2, -0.15) is 0 Å². The van der Waals surface area contributed by atoms with Gasteiger partial charge in [0.05, 0.1) is 0 Å². The summed E-state index contributed by atoms with van der Waals surface area (Å²) >= 11 is 13.7. The molecule has 134 valence electrons. The molecule has 0 saturated heterocycles. The molecule has 27 heavy (non-hydrogen) atoms. The molecular weight excluding hydrogens is 397 g/mol. The number of nitrogens with zero attached hydrogens (tertiary/aromatic N) is 1. The molecule has 1 N–H and O–H groups in total. The van der Waals surface area contributed by atoms with Crippen LogP contribution >= 0.6 is 34.5 Å². The first-order chi connectivity index (χ1) is 13.1. The molecule has 0 saturated carbocycles. The van der Waals surface area contributed by atoms with Crippen molar-refractivity contribution in [1.82, 2.24) is 4.98 Å². The van der Waals surface area contributed by atoms with Gasteiger partial charge in [-0.25, -0.2) is 0 Å². The highest BCUT2D eigenvalue weighted by molar-refractivity contribution is 7.14. The summed E-state index contributed by atoms with van der Waals surface area (Å²) < 4.78 is 0. The van der Waals surface area contributed by atoms with Crippen LogP contribution in [-0.2, 0) is 0 Å². The van der Waals surface area contributed by atoms with Crippen molar-refractivity contribution in [2.75, 3.05) is 0 Å². The van der Waals surface area contributed by atoms with Gasteiger partial charge in [-0.15, -0.1) is 11.3 Å². The lowest BCUT2D eigenvalue weighted by Crippen LogP contribution is -2.02. The van der Waals surface area contributed by atoms with Gasteiger partial charge in [-0.05, 0) is 52.4 Å². The van der Waals surface area contributed by atoms with Gasteiger partial charge in [0, 0.05) is 38.4 Å². The number of hydrogen-bond acceptors (Lipinski definition) is 3. The molecule has 2 heterocycles. The summed E-state index contributed by atoms with van der Waals surface area (Å²) in [5.74, 6) is 0.